The summed E-state index contributed by atoms with van der Waals surface area (Å²) in [6, 6.07) is 0. The van der Waals surface area contributed by atoms with E-state index in [2.05, 4.69) is 106 Å². The number of allylic oxidation sites excluding steroid dienone is 14. The van der Waals surface area contributed by atoms with Crippen molar-refractivity contribution >= 4 is 17.9 Å². The molecule has 0 fully saturated rings. The Hall–Kier alpha value is -3.41. The van der Waals surface area contributed by atoms with E-state index in [0.717, 1.165) is 109 Å². The zero-order chi connectivity index (χ0) is 52.2. The van der Waals surface area contributed by atoms with Crippen molar-refractivity contribution in [3.05, 3.63) is 85.1 Å². The van der Waals surface area contributed by atoms with Gasteiger partial charge in [-0.2, -0.15) is 0 Å². The lowest BCUT2D eigenvalue weighted by atomic mass is 10.0. The molecular formula is C66H114O6. The van der Waals surface area contributed by atoms with Crippen molar-refractivity contribution < 1.29 is 28.6 Å². The Kier molecular flexibility index (Phi) is 57.3. The smallest absolute Gasteiger partial charge is 0.306 e. The molecule has 0 saturated carbocycles. The van der Waals surface area contributed by atoms with Crippen LogP contribution >= 0.6 is 0 Å². The van der Waals surface area contributed by atoms with E-state index in [-0.39, 0.29) is 31.1 Å². The Morgan fingerprint density at radius 3 is 0.847 bits per heavy atom. The molecule has 0 amide bonds. The van der Waals surface area contributed by atoms with Crippen LogP contribution in [-0.4, -0.2) is 37.2 Å². The molecule has 0 aromatic heterocycles. The van der Waals surface area contributed by atoms with Gasteiger partial charge in [-0.1, -0.05) is 286 Å². The molecule has 0 aliphatic rings. The summed E-state index contributed by atoms with van der Waals surface area (Å²) in [6.45, 7) is 6.49. The molecule has 6 heteroatoms. The molecule has 0 aliphatic heterocycles. The molecule has 0 spiro atoms. The van der Waals surface area contributed by atoms with E-state index < -0.39 is 6.10 Å². The molecule has 0 heterocycles. The SMILES string of the molecule is CC/C=C\C/C=C\C/C=C\C/C=C\C/C=C\C/C=C\C/C=C\CCCCCCCCCCCC(=O)OCC(COC(=O)CCCCCCCC)OC(=O)CCCCCCCCCCCCCCCCCCC. The number of unbranched alkanes of at least 4 members (excludes halogenated alkanes) is 30. The molecular weight excluding hydrogens is 889 g/mol. The molecule has 0 rings (SSSR count). The van der Waals surface area contributed by atoms with Crippen LogP contribution in [0.5, 0.6) is 0 Å². The van der Waals surface area contributed by atoms with Gasteiger partial charge < -0.3 is 14.2 Å². The van der Waals surface area contributed by atoms with E-state index in [1.54, 1.807) is 0 Å². The lowest BCUT2D eigenvalue weighted by molar-refractivity contribution is -0.167. The van der Waals surface area contributed by atoms with Crippen molar-refractivity contribution in [2.24, 2.45) is 0 Å². The summed E-state index contributed by atoms with van der Waals surface area (Å²) in [4.78, 5) is 37.9. The zero-order valence-corrected chi connectivity index (χ0v) is 47.4. The fourth-order valence-corrected chi connectivity index (χ4v) is 8.60. The second-order valence-electron chi connectivity index (χ2n) is 20.2. The van der Waals surface area contributed by atoms with Gasteiger partial charge in [0.05, 0.1) is 0 Å². The van der Waals surface area contributed by atoms with Crippen molar-refractivity contribution in [3.63, 3.8) is 0 Å². The maximum Gasteiger partial charge on any atom is 0.306 e. The summed E-state index contributed by atoms with van der Waals surface area (Å²) in [5.41, 5.74) is 0. The summed E-state index contributed by atoms with van der Waals surface area (Å²) < 4.78 is 16.8. The predicted molar refractivity (Wildman–Crippen MR) is 311 cm³/mol. The Balaban J connectivity index is 4.09. The van der Waals surface area contributed by atoms with E-state index in [1.807, 2.05) is 0 Å². The van der Waals surface area contributed by atoms with Crippen LogP contribution in [0.15, 0.2) is 85.1 Å². The molecule has 0 radical (unpaired) electrons. The van der Waals surface area contributed by atoms with Gasteiger partial charge in [0.2, 0.25) is 0 Å². The number of carbonyl (C=O) groups excluding carboxylic acids is 3. The third-order valence-electron chi connectivity index (χ3n) is 13.2. The molecule has 6 nitrogen and oxygen atoms in total. The van der Waals surface area contributed by atoms with Crippen LogP contribution in [-0.2, 0) is 28.6 Å². The van der Waals surface area contributed by atoms with Gasteiger partial charge in [-0.05, 0) is 77.0 Å². The maximum atomic E-state index is 12.8. The summed E-state index contributed by atoms with van der Waals surface area (Å²) in [5, 5.41) is 0. The Bertz CT molecular complexity index is 1380. The summed E-state index contributed by atoms with van der Waals surface area (Å²) in [6.07, 6.45) is 79.0. The topological polar surface area (TPSA) is 78.9 Å². The lowest BCUT2D eigenvalue weighted by Crippen LogP contribution is -2.30. The molecule has 1 unspecified atom stereocenters. The highest BCUT2D eigenvalue weighted by Gasteiger charge is 2.19. The molecule has 72 heavy (non-hydrogen) atoms. The number of esters is 3. The maximum absolute atomic E-state index is 12.8. The highest BCUT2D eigenvalue weighted by atomic mass is 16.6. The van der Waals surface area contributed by atoms with Crippen LogP contribution in [0.1, 0.15) is 297 Å². The fourth-order valence-electron chi connectivity index (χ4n) is 8.60. The van der Waals surface area contributed by atoms with Crippen molar-refractivity contribution in [1.82, 2.24) is 0 Å². The third kappa shape index (κ3) is 57.5. The average Bonchev–Trinajstić information content (AvgIpc) is 3.38. The number of rotatable bonds is 55. The van der Waals surface area contributed by atoms with Crippen molar-refractivity contribution in [1.29, 1.82) is 0 Å². The van der Waals surface area contributed by atoms with Gasteiger partial charge in [0.25, 0.3) is 0 Å². The van der Waals surface area contributed by atoms with Gasteiger partial charge in [-0.25, -0.2) is 0 Å². The highest BCUT2D eigenvalue weighted by Crippen LogP contribution is 2.16. The average molecular weight is 1000 g/mol. The quantitative estimate of drug-likeness (QED) is 0.0261. The first-order chi connectivity index (χ1) is 35.5. The predicted octanol–water partition coefficient (Wildman–Crippen LogP) is 20.7. The van der Waals surface area contributed by atoms with Gasteiger partial charge in [0, 0.05) is 19.3 Å². The van der Waals surface area contributed by atoms with E-state index >= 15 is 0 Å². The molecule has 414 valence electrons. The van der Waals surface area contributed by atoms with Gasteiger partial charge in [-0.3, -0.25) is 14.4 Å². The number of hydrogen-bond donors (Lipinski definition) is 0. The van der Waals surface area contributed by atoms with Crippen LogP contribution in [0.4, 0.5) is 0 Å². The molecule has 0 aliphatic carbocycles. The molecule has 0 aromatic rings. The van der Waals surface area contributed by atoms with Gasteiger partial charge in [0.1, 0.15) is 13.2 Å². The molecule has 0 saturated heterocycles. The second-order valence-corrected chi connectivity index (χ2v) is 20.2. The van der Waals surface area contributed by atoms with Crippen LogP contribution in [0.25, 0.3) is 0 Å². The van der Waals surface area contributed by atoms with Crippen LogP contribution in [0.3, 0.4) is 0 Å². The van der Waals surface area contributed by atoms with E-state index in [9.17, 15) is 14.4 Å². The van der Waals surface area contributed by atoms with Crippen LogP contribution in [0, 0.1) is 0 Å². The first-order valence-corrected chi connectivity index (χ1v) is 30.6. The first-order valence-electron chi connectivity index (χ1n) is 30.6. The summed E-state index contributed by atoms with van der Waals surface area (Å²) in [7, 11) is 0. The molecule has 0 N–H and O–H groups in total. The van der Waals surface area contributed by atoms with Crippen molar-refractivity contribution in [2.45, 2.75) is 303 Å². The molecule has 1 atom stereocenters. The first kappa shape index (κ1) is 68.6. The largest absolute Gasteiger partial charge is 0.462 e. The van der Waals surface area contributed by atoms with Crippen molar-refractivity contribution in [2.75, 3.05) is 13.2 Å². The third-order valence-corrected chi connectivity index (χ3v) is 13.2. The number of carbonyl (C=O) groups is 3. The Labute approximate surface area is 445 Å². The molecule has 0 bridgehead atoms. The van der Waals surface area contributed by atoms with Gasteiger partial charge >= 0.3 is 17.9 Å². The van der Waals surface area contributed by atoms with Gasteiger partial charge in [0.15, 0.2) is 6.10 Å². The lowest BCUT2D eigenvalue weighted by Gasteiger charge is -2.18. The minimum atomic E-state index is -0.773. The summed E-state index contributed by atoms with van der Waals surface area (Å²) in [5.74, 6) is -0.880. The minimum Gasteiger partial charge on any atom is -0.462 e. The summed E-state index contributed by atoms with van der Waals surface area (Å²) >= 11 is 0. The Morgan fingerprint density at radius 2 is 0.542 bits per heavy atom. The second kappa shape index (κ2) is 60.1. The normalized spacial score (nSPS) is 12.7. The van der Waals surface area contributed by atoms with Gasteiger partial charge in [-0.15, -0.1) is 0 Å². The number of ether oxygens (including phenoxy) is 3. The highest BCUT2D eigenvalue weighted by molar-refractivity contribution is 5.71. The monoisotopic (exact) mass is 1000 g/mol. The Morgan fingerprint density at radius 1 is 0.292 bits per heavy atom. The zero-order valence-electron chi connectivity index (χ0n) is 47.4. The van der Waals surface area contributed by atoms with E-state index in [4.69, 9.17) is 14.2 Å². The van der Waals surface area contributed by atoms with Crippen molar-refractivity contribution in [3.8, 4) is 0 Å². The van der Waals surface area contributed by atoms with E-state index in [1.165, 1.54) is 148 Å². The van der Waals surface area contributed by atoms with Crippen LogP contribution in [0.2, 0.25) is 0 Å². The fraction of sp³-hybridized carbons (Fsp3) is 0.742. The van der Waals surface area contributed by atoms with E-state index in [0.29, 0.717) is 19.3 Å². The molecule has 0 aromatic carbocycles. The number of hydrogen-bond acceptors (Lipinski definition) is 6. The standard InChI is InChI=1S/C66H114O6/c1-4-7-10-13-16-18-20-22-24-26-27-28-29-30-31-32-33-34-35-36-37-38-39-41-42-44-46-48-50-53-56-59-65(68)71-62-63(61-70-64(67)58-55-52-15-12-9-6-3)72-66(69)60-57-54-51-49-47-45-43-40-25-23-21-19-17-14-11-8-5-2/h7,10,16,18,22,24,27-28,30-31,33-34,36-37,63H,4-6,8-9,11-15,17,19-21,23,25-26,29,32,35,38-62H2,1-3H3/b10-7-,18-16-,24-22-,28-27-,31-30-,34-33-,37-36-. The minimum absolute atomic E-state index is 0.0749. The van der Waals surface area contributed by atoms with Crippen LogP contribution < -0.4 is 0 Å².